The fraction of sp³-hybridized carbons (Fsp3) is 0.286. The molecular weight excluding hydrogens is 260 g/mol. The SMILES string of the molecule is COc1ccc(C(=O)OCC(=O)C(C#N)C(C)=N)cc1. The van der Waals surface area contributed by atoms with Crippen LogP contribution >= 0.6 is 0 Å². The van der Waals surface area contributed by atoms with Gasteiger partial charge in [-0.2, -0.15) is 5.26 Å². The molecule has 0 aromatic heterocycles. The second-order valence-corrected chi connectivity index (χ2v) is 4.02. The molecule has 0 bridgehead atoms. The van der Waals surface area contributed by atoms with Crippen LogP contribution in [0.4, 0.5) is 0 Å². The third-order valence-electron chi connectivity index (χ3n) is 2.56. The Bertz CT molecular complexity index is 558. The number of nitrogens with zero attached hydrogens (tertiary/aromatic N) is 1. The topological polar surface area (TPSA) is 100 Å². The monoisotopic (exact) mass is 274 g/mol. The van der Waals surface area contributed by atoms with Crippen LogP contribution in [0.2, 0.25) is 0 Å². The molecule has 6 heteroatoms. The van der Waals surface area contributed by atoms with Crippen molar-refractivity contribution in [1.29, 1.82) is 10.7 Å². The minimum Gasteiger partial charge on any atom is -0.497 e. The normalized spacial score (nSPS) is 11.1. The van der Waals surface area contributed by atoms with Gasteiger partial charge in [0, 0.05) is 5.71 Å². The second-order valence-electron chi connectivity index (χ2n) is 4.02. The van der Waals surface area contributed by atoms with Crippen molar-refractivity contribution >= 4 is 17.5 Å². The summed E-state index contributed by atoms with van der Waals surface area (Å²) in [5, 5.41) is 16.0. The molecule has 0 saturated carbocycles. The molecule has 1 aromatic carbocycles. The third-order valence-corrected chi connectivity index (χ3v) is 2.56. The van der Waals surface area contributed by atoms with E-state index < -0.39 is 24.3 Å². The molecule has 1 N–H and O–H groups in total. The van der Waals surface area contributed by atoms with Crippen LogP contribution in [0.1, 0.15) is 17.3 Å². The van der Waals surface area contributed by atoms with E-state index in [-0.39, 0.29) is 11.3 Å². The molecule has 1 unspecified atom stereocenters. The van der Waals surface area contributed by atoms with E-state index in [0.29, 0.717) is 5.75 Å². The molecule has 1 rings (SSSR count). The Balaban J connectivity index is 2.61. The zero-order chi connectivity index (χ0) is 15.1. The zero-order valence-electron chi connectivity index (χ0n) is 11.2. The number of nitrogens with one attached hydrogen (secondary N) is 1. The van der Waals surface area contributed by atoms with Gasteiger partial charge in [-0.3, -0.25) is 4.79 Å². The number of carbonyl (C=O) groups excluding carboxylic acids is 2. The summed E-state index contributed by atoms with van der Waals surface area (Å²) in [6, 6.07) is 7.91. The maximum Gasteiger partial charge on any atom is 0.338 e. The van der Waals surface area contributed by atoms with E-state index in [0.717, 1.165) is 0 Å². The number of esters is 1. The smallest absolute Gasteiger partial charge is 0.338 e. The molecule has 0 saturated heterocycles. The zero-order valence-corrected chi connectivity index (χ0v) is 11.2. The quantitative estimate of drug-likeness (QED) is 0.627. The van der Waals surface area contributed by atoms with Crippen molar-refractivity contribution in [1.82, 2.24) is 0 Å². The number of hydrogen-bond acceptors (Lipinski definition) is 6. The summed E-state index contributed by atoms with van der Waals surface area (Å²) in [4.78, 5) is 23.3. The number of methoxy groups -OCH3 is 1. The van der Waals surface area contributed by atoms with E-state index in [9.17, 15) is 9.59 Å². The molecule has 0 heterocycles. The minimum atomic E-state index is -1.17. The Morgan fingerprint density at radius 1 is 1.35 bits per heavy atom. The number of ketones is 1. The molecule has 6 nitrogen and oxygen atoms in total. The van der Waals surface area contributed by atoms with Gasteiger partial charge in [0.05, 0.1) is 18.7 Å². The Morgan fingerprint density at radius 3 is 2.40 bits per heavy atom. The van der Waals surface area contributed by atoms with Crippen molar-refractivity contribution in [2.45, 2.75) is 6.92 Å². The molecule has 0 aliphatic carbocycles. The maximum atomic E-state index is 11.7. The number of hydrogen-bond donors (Lipinski definition) is 1. The average molecular weight is 274 g/mol. The van der Waals surface area contributed by atoms with Crippen LogP contribution in [0.15, 0.2) is 24.3 Å². The van der Waals surface area contributed by atoms with Crippen molar-refractivity contribution in [2.24, 2.45) is 5.92 Å². The van der Waals surface area contributed by atoms with Gasteiger partial charge in [-0.05, 0) is 31.2 Å². The van der Waals surface area contributed by atoms with Crippen molar-refractivity contribution in [3.8, 4) is 11.8 Å². The second kappa shape index (κ2) is 7.04. The first-order valence-corrected chi connectivity index (χ1v) is 5.78. The van der Waals surface area contributed by atoms with E-state index >= 15 is 0 Å². The summed E-state index contributed by atoms with van der Waals surface area (Å²) in [7, 11) is 1.51. The highest BCUT2D eigenvalue weighted by atomic mass is 16.5. The van der Waals surface area contributed by atoms with E-state index in [1.165, 1.54) is 26.2 Å². The first-order chi connectivity index (χ1) is 9.49. The van der Waals surface area contributed by atoms with E-state index in [4.69, 9.17) is 20.1 Å². The molecule has 0 spiro atoms. The van der Waals surface area contributed by atoms with Crippen molar-refractivity contribution in [2.75, 3.05) is 13.7 Å². The van der Waals surface area contributed by atoms with Crippen LogP contribution < -0.4 is 4.74 Å². The van der Waals surface area contributed by atoms with Gasteiger partial charge in [0.2, 0.25) is 0 Å². The predicted molar refractivity (Wildman–Crippen MR) is 70.8 cm³/mol. The predicted octanol–water partition coefficient (Wildman–Crippen LogP) is 1.60. The summed E-state index contributed by atoms with van der Waals surface area (Å²) in [6.07, 6.45) is 0. The van der Waals surface area contributed by atoms with Gasteiger partial charge >= 0.3 is 5.97 Å². The number of Topliss-reactive ketones (excluding diaryl/α,β-unsaturated/α-hetero) is 1. The summed E-state index contributed by atoms with van der Waals surface area (Å²) >= 11 is 0. The van der Waals surface area contributed by atoms with Crippen LogP contribution in [0.3, 0.4) is 0 Å². The molecule has 104 valence electrons. The largest absolute Gasteiger partial charge is 0.497 e. The van der Waals surface area contributed by atoms with Crippen molar-refractivity contribution in [3.63, 3.8) is 0 Å². The molecule has 0 amide bonds. The minimum absolute atomic E-state index is 0.0713. The highest BCUT2D eigenvalue weighted by molar-refractivity contribution is 6.06. The number of ether oxygens (including phenoxy) is 2. The molecule has 0 radical (unpaired) electrons. The lowest BCUT2D eigenvalue weighted by Gasteiger charge is -2.08. The molecule has 1 aromatic rings. The van der Waals surface area contributed by atoms with E-state index in [1.54, 1.807) is 18.2 Å². The standard InChI is InChI=1S/C14H14N2O4/c1-9(16)12(7-15)13(17)8-20-14(18)10-3-5-11(19-2)6-4-10/h3-6,12,16H,8H2,1-2H3. The first-order valence-electron chi connectivity index (χ1n) is 5.78. The van der Waals surface area contributed by atoms with Crippen LogP contribution in [0, 0.1) is 22.7 Å². The summed E-state index contributed by atoms with van der Waals surface area (Å²) in [5.41, 5.74) is 0.205. The van der Waals surface area contributed by atoms with Gasteiger partial charge in [-0.1, -0.05) is 0 Å². The van der Waals surface area contributed by atoms with Gasteiger partial charge in [-0.25, -0.2) is 4.79 Å². The molecule has 0 aliphatic heterocycles. The maximum absolute atomic E-state index is 11.7. The van der Waals surface area contributed by atoms with Crippen molar-refractivity contribution < 1.29 is 19.1 Å². The van der Waals surface area contributed by atoms with E-state index in [1.807, 2.05) is 0 Å². The molecule has 20 heavy (non-hydrogen) atoms. The summed E-state index contributed by atoms with van der Waals surface area (Å²) in [6.45, 7) is 0.830. The fourth-order valence-electron chi connectivity index (χ4n) is 1.44. The highest BCUT2D eigenvalue weighted by Crippen LogP contribution is 2.12. The summed E-state index contributed by atoms with van der Waals surface area (Å²) < 4.78 is 9.77. The van der Waals surface area contributed by atoms with Gasteiger partial charge in [0.1, 0.15) is 11.7 Å². The summed E-state index contributed by atoms with van der Waals surface area (Å²) in [5.74, 6) is -1.84. The number of benzene rings is 1. The number of rotatable bonds is 6. The van der Waals surface area contributed by atoms with Crippen LogP contribution in [0.5, 0.6) is 5.75 Å². The van der Waals surface area contributed by atoms with Gasteiger partial charge < -0.3 is 14.9 Å². The highest BCUT2D eigenvalue weighted by Gasteiger charge is 2.21. The molecule has 0 fully saturated rings. The molecule has 1 atom stereocenters. The Morgan fingerprint density at radius 2 is 1.95 bits per heavy atom. The fourth-order valence-corrected chi connectivity index (χ4v) is 1.44. The van der Waals surface area contributed by atoms with Crippen LogP contribution in [-0.2, 0) is 9.53 Å². The lowest BCUT2D eigenvalue weighted by atomic mass is 10.0. The molecular formula is C14H14N2O4. The number of nitriles is 1. The van der Waals surface area contributed by atoms with Crippen molar-refractivity contribution in [3.05, 3.63) is 29.8 Å². The van der Waals surface area contributed by atoms with Crippen LogP contribution in [-0.4, -0.2) is 31.2 Å². The number of carbonyl (C=O) groups is 2. The Kier molecular flexibility index (Phi) is 5.42. The van der Waals surface area contributed by atoms with E-state index in [2.05, 4.69) is 0 Å². The Hall–Kier alpha value is -2.68. The van der Waals surface area contributed by atoms with Gasteiger partial charge in [0.15, 0.2) is 12.4 Å². The first kappa shape index (κ1) is 15.4. The molecule has 0 aliphatic rings. The third kappa shape index (κ3) is 3.92. The van der Waals surface area contributed by atoms with Gasteiger partial charge in [0.25, 0.3) is 0 Å². The Labute approximate surface area is 116 Å². The lowest BCUT2D eigenvalue weighted by Crippen LogP contribution is -2.25. The average Bonchev–Trinajstić information content (AvgIpc) is 2.45. The van der Waals surface area contributed by atoms with Gasteiger partial charge in [-0.15, -0.1) is 0 Å². The lowest BCUT2D eigenvalue weighted by molar-refractivity contribution is -0.122. The van der Waals surface area contributed by atoms with Crippen LogP contribution in [0.25, 0.3) is 0 Å².